The van der Waals surface area contributed by atoms with Gasteiger partial charge in [0.2, 0.25) is 0 Å². The fourth-order valence-corrected chi connectivity index (χ4v) is 6.23. The molecule has 1 aliphatic heterocycles. The highest BCUT2D eigenvalue weighted by atomic mass is 35.5. The Morgan fingerprint density at radius 1 is 1.09 bits per heavy atom. The number of hydrogen-bond donors (Lipinski definition) is 1. The fourth-order valence-electron chi connectivity index (χ4n) is 5.73. The first kappa shape index (κ1) is 24.6. The van der Waals surface area contributed by atoms with E-state index in [-0.39, 0.29) is 39.1 Å². The molecule has 4 rings (SSSR count). The average molecular weight is 501 g/mol. The number of methoxy groups -OCH3 is 1. The number of benzene rings is 2. The second-order valence-corrected chi connectivity index (χ2v) is 11.4. The highest BCUT2D eigenvalue weighted by Crippen LogP contribution is 2.52. The van der Waals surface area contributed by atoms with Crippen LogP contribution in [0.1, 0.15) is 56.0 Å². The Bertz CT molecular complexity index is 1140. The number of amides is 2. The molecule has 0 aromatic heterocycles. The van der Waals surface area contributed by atoms with E-state index in [1.165, 1.54) is 6.07 Å². The van der Waals surface area contributed by atoms with Crippen molar-refractivity contribution >= 4 is 41.1 Å². The van der Waals surface area contributed by atoms with Crippen LogP contribution in [0.3, 0.4) is 0 Å². The van der Waals surface area contributed by atoms with E-state index in [0.717, 1.165) is 24.8 Å². The number of nitrogens with one attached hydrogen (secondary N) is 1. The van der Waals surface area contributed by atoms with Gasteiger partial charge >= 0.3 is 0 Å². The van der Waals surface area contributed by atoms with Gasteiger partial charge in [-0.3, -0.25) is 9.59 Å². The van der Waals surface area contributed by atoms with Crippen molar-refractivity contribution in [3.8, 4) is 5.75 Å². The van der Waals surface area contributed by atoms with Crippen LogP contribution in [-0.4, -0.2) is 36.4 Å². The molecule has 1 N–H and O–H groups in total. The molecule has 0 radical (unpaired) electrons. The summed E-state index contributed by atoms with van der Waals surface area (Å²) in [4.78, 5) is 28.9. The molecule has 180 valence electrons. The molecule has 1 heterocycles. The number of likely N-dealkylation sites (tertiary alicyclic amines) is 1. The summed E-state index contributed by atoms with van der Waals surface area (Å²) in [5.41, 5.74) is 1.51. The zero-order chi connectivity index (χ0) is 24.7. The maximum Gasteiger partial charge on any atom is 0.270 e. The van der Waals surface area contributed by atoms with E-state index >= 15 is 0 Å². The van der Waals surface area contributed by atoms with Gasteiger partial charge in [-0.15, -0.1) is 0 Å². The van der Waals surface area contributed by atoms with Gasteiger partial charge in [0.25, 0.3) is 11.8 Å². The van der Waals surface area contributed by atoms with Crippen LogP contribution >= 0.6 is 23.2 Å². The molecule has 2 amide bonds. The summed E-state index contributed by atoms with van der Waals surface area (Å²) < 4.78 is 5.23. The summed E-state index contributed by atoms with van der Waals surface area (Å²) >= 11 is 12.2. The lowest BCUT2D eigenvalue weighted by Gasteiger charge is -2.39. The Labute approximate surface area is 211 Å². The van der Waals surface area contributed by atoms with Gasteiger partial charge in [-0.05, 0) is 72.1 Å². The van der Waals surface area contributed by atoms with Crippen molar-refractivity contribution in [2.45, 2.75) is 46.1 Å². The quantitative estimate of drug-likeness (QED) is 0.497. The molecule has 2 aliphatic rings. The molecule has 2 aromatic carbocycles. The Morgan fingerprint density at radius 2 is 1.79 bits per heavy atom. The van der Waals surface area contributed by atoms with Crippen molar-refractivity contribution in [2.75, 3.05) is 13.7 Å². The number of halogens is 2. The molecule has 2 atom stereocenters. The third kappa shape index (κ3) is 5.26. The highest BCUT2D eigenvalue weighted by Gasteiger charge is 2.51. The molecule has 1 saturated heterocycles. The first-order valence-electron chi connectivity index (χ1n) is 11.4. The lowest BCUT2D eigenvalue weighted by atomic mass is 9.65. The van der Waals surface area contributed by atoms with Gasteiger partial charge < -0.3 is 15.0 Å². The molecular weight excluding hydrogens is 471 g/mol. The summed E-state index contributed by atoms with van der Waals surface area (Å²) in [6.45, 7) is 7.47. The van der Waals surface area contributed by atoms with Crippen molar-refractivity contribution in [3.63, 3.8) is 0 Å². The van der Waals surface area contributed by atoms with Crippen LogP contribution in [0.15, 0.2) is 48.2 Å². The second kappa shape index (κ2) is 9.27. The molecule has 2 fully saturated rings. The Hall–Kier alpha value is -2.50. The zero-order valence-corrected chi connectivity index (χ0v) is 21.5. The van der Waals surface area contributed by atoms with Crippen molar-refractivity contribution in [2.24, 2.45) is 10.8 Å². The van der Waals surface area contributed by atoms with Gasteiger partial charge in [0.05, 0.1) is 17.7 Å². The molecule has 7 heteroatoms. The first-order valence-corrected chi connectivity index (χ1v) is 12.2. The number of nitrogens with zero attached hydrogens (tertiary/aromatic N) is 1. The van der Waals surface area contributed by atoms with E-state index in [1.54, 1.807) is 25.3 Å². The SMILES string of the molecule is COc1ccc(/C=C(/NC(=O)c2ccc(Cl)cc2Cl)C(=O)N2C[C@]3(C)C[C@H]2CC(C)(C)C3)cc1. The minimum atomic E-state index is -0.455. The third-order valence-electron chi connectivity index (χ3n) is 6.76. The van der Waals surface area contributed by atoms with Crippen LogP contribution in [0.2, 0.25) is 10.0 Å². The molecular formula is C27H30Cl2N2O3. The van der Waals surface area contributed by atoms with Crippen LogP contribution < -0.4 is 10.1 Å². The molecule has 1 saturated carbocycles. The summed E-state index contributed by atoms with van der Waals surface area (Å²) in [5, 5.41) is 3.50. The van der Waals surface area contributed by atoms with E-state index in [2.05, 4.69) is 26.1 Å². The second-order valence-electron chi connectivity index (χ2n) is 10.6. The van der Waals surface area contributed by atoms with Gasteiger partial charge in [-0.1, -0.05) is 56.1 Å². The van der Waals surface area contributed by atoms with Gasteiger partial charge in [-0.25, -0.2) is 0 Å². The molecule has 0 unspecified atom stereocenters. The summed E-state index contributed by atoms with van der Waals surface area (Å²) in [7, 11) is 1.60. The van der Waals surface area contributed by atoms with Crippen LogP contribution in [0.5, 0.6) is 5.75 Å². The van der Waals surface area contributed by atoms with E-state index in [0.29, 0.717) is 17.3 Å². The van der Waals surface area contributed by atoms with Crippen molar-refractivity contribution in [3.05, 3.63) is 69.3 Å². The lowest BCUT2D eigenvalue weighted by Crippen LogP contribution is -2.42. The van der Waals surface area contributed by atoms with Crippen molar-refractivity contribution in [1.29, 1.82) is 0 Å². The Morgan fingerprint density at radius 3 is 2.44 bits per heavy atom. The zero-order valence-electron chi connectivity index (χ0n) is 20.0. The predicted molar refractivity (Wildman–Crippen MR) is 136 cm³/mol. The minimum absolute atomic E-state index is 0.0802. The Balaban J connectivity index is 1.66. The van der Waals surface area contributed by atoms with Gasteiger partial charge in [0.1, 0.15) is 11.4 Å². The van der Waals surface area contributed by atoms with Crippen molar-refractivity contribution < 1.29 is 14.3 Å². The average Bonchev–Trinajstić information content (AvgIpc) is 3.01. The van der Waals surface area contributed by atoms with E-state index in [1.807, 2.05) is 29.2 Å². The normalized spacial score (nSPS) is 23.5. The molecule has 5 nitrogen and oxygen atoms in total. The summed E-state index contributed by atoms with van der Waals surface area (Å²) in [5.74, 6) is 0.0784. The lowest BCUT2D eigenvalue weighted by molar-refractivity contribution is -0.128. The molecule has 0 spiro atoms. The topological polar surface area (TPSA) is 58.6 Å². The van der Waals surface area contributed by atoms with Crippen LogP contribution in [0.4, 0.5) is 0 Å². The highest BCUT2D eigenvalue weighted by molar-refractivity contribution is 6.36. The van der Waals surface area contributed by atoms with E-state index in [9.17, 15) is 9.59 Å². The van der Waals surface area contributed by atoms with Gasteiger partial charge in [0.15, 0.2) is 0 Å². The molecule has 34 heavy (non-hydrogen) atoms. The molecule has 2 aromatic rings. The van der Waals surface area contributed by atoms with Crippen LogP contribution in [0.25, 0.3) is 6.08 Å². The Kier molecular flexibility index (Phi) is 6.71. The summed E-state index contributed by atoms with van der Waals surface area (Å²) in [6, 6.07) is 12.2. The molecule has 2 bridgehead atoms. The smallest absolute Gasteiger partial charge is 0.270 e. The molecule has 1 aliphatic carbocycles. The summed E-state index contributed by atoms with van der Waals surface area (Å²) in [6.07, 6.45) is 4.71. The number of carbonyl (C=O) groups excluding carboxylic acids is 2. The fraction of sp³-hybridized carbons (Fsp3) is 0.407. The number of rotatable bonds is 5. The number of hydrogen-bond acceptors (Lipinski definition) is 3. The van der Waals surface area contributed by atoms with Crippen LogP contribution in [-0.2, 0) is 4.79 Å². The minimum Gasteiger partial charge on any atom is -0.497 e. The monoisotopic (exact) mass is 500 g/mol. The third-order valence-corrected chi connectivity index (χ3v) is 7.30. The predicted octanol–water partition coefficient (Wildman–Crippen LogP) is 6.20. The standard InChI is InChI=1S/C27H30Cl2N2O3/c1-26(2)13-19-14-27(3,15-26)16-31(19)25(33)23(11-17-5-8-20(34-4)9-6-17)30-24(32)21-10-7-18(28)12-22(21)29/h5-12,19H,13-16H2,1-4H3,(H,30,32)/b23-11+/t19-,27-/m1/s1. The van der Waals surface area contributed by atoms with E-state index < -0.39 is 5.91 Å². The number of ether oxygens (including phenoxy) is 1. The largest absolute Gasteiger partial charge is 0.497 e. The van der Waals surface area contributed by atoms with Crippen molar-refractivity contribution in [1.82, 2.24) is 10.2 Å². The maximum absolute atomic E-state index is 13.8. The van der Waals surface area contributed by atoms with Crippen LogP contribution in [0, 0.1) is 10.8 Å². The van der Waals surface area contributed by atoms with Gasteiger partial charge in [0, 0.05) is 17.6 Å². The number of fused-ring (bicyclic) bond motifs is 2. The first-order chi connectivity index (χ1) is 16.0. The maximum atomic E-state index is 13.8. The number of carbonyl (C=O) groups is 2. The van der Waals surface area contributed by atoms with E-state index in [4.69, 9.17) is 27.9 Å². The van der Waals surface area contributed by atoms with Gasteiger partial charge in [-0.2, -0.15) is 0 Å².